The quantitative estimate of drug-likeness (QED) is 0.538. The van der Waals surface area contributed by atoms with E-state index in [4.69, 9.17) is 5.73 Å². The average molecular weight is 339 g/mol. The lowest BCUT2D eigenvalue weighted by molar-refractivity contribution is 0.0927. The van der Waals surface area contributed by atoms with E-state index in [9.17, 15) is 4.79 Å². The predicted octanol–water partition coefficient (Wildman–Crippen LogP) is 1.55. The Balaban J connectivity index is 2.42. The van der Waals surface area contributed by atoms with E-state index in [2.05, 4.69) is 53.3 Å². The monoisotopic (exact) mass is 338 g/mol. The molecule has 1 rings (SSSR count). The Morgan fingerprint density at radius 1 is 1.29 bits per heavy atom. The van der Waals surface area contributed by atoms with Gasteiger partial charge in [0.1, 0.15) is 5.69 Å². The lowest BCUT2D eigenvalue weighted by Gasteiger charge is -2.24. The first-order valence-electron chi connectivity index (χ1n) is 8.94. The first-order valence-corrected chi connectivity index (χ1v) is 8.94. The summed E-state index contributed by atoms with van der Waals surface area (Å²) < 4.78 is 0. The SMILES string of the molecule is CCC[C@H](CCCN(CC)CCN(C)C)NC(=O)c1[nH]ncc1N. The zero-order valence-electron chi connectivity index (χ0n) is 15.6. The van der Waals surface area contributed by atoms with Crippen molar-refractivity contribution in [3.8, 4) is 0 Å². The molecule has 0 fully saturated rings. The van der Waals surface area contributed by atoms with E-state index in [0.717, 1.165) is 51.9 Å². The molecule has 7 nitrogen and oxygen atoms in total. The summed E-state index contributed by atoms with van der Waals surface area (Å²) in [6, 6.07) is 0.178. The molecule has 0 aliphatic heterocycles. The minimum absolute atomic E-state index is 0.164. The van der Waals surface area contributed by atoms with Crippen LogP contribution in [0.1, 0.15) is 50.0 Å². The number of hydrogen-bond acceptors (Lipinski definition) is 5. The van der Waals surface area contributed by atoms with Gasteiger partial charge in [0.2, 0.25) is 0 Å². The number of anilines is 1. The van der Waals surface area contributed by atoms with Crippen molar-refractivity contribution in [2.75, 3.05) is 46.0 Å². The number of carbonyl (C=O) groups excluding carboxylic acids is 1. The van der Waals surface area contributed by atoms with Gasteiger partial charge >= 0.3 is 0 Å². The molecule has 0 spiro atoms. The van der Waals surface area contributed by atoms with E-state index < -0.39 is 0 Å². The van der Waals surface area contributed by atoms with Crippen LogP contribution in [0.5, 0.6) is 0 Å². The summed E-state index contributed by atoms with van der Waals surface area (Å²) in [6.07, 6.45) is 5.54. The fraction of sp³-hybridized carbons (Fsp3) is 0.765. The van der Waals surface area contributed by atoms with Crippen LogP contribution < -0.4 is 11.1 Å². The third kappa shape index (κ3) is 7.31. The number of nitrogens with zero attached hydrogens (tertiary/aromatic N) is 3. The molecule has 4 N–H and O–H groups in total. The second-order valence-electron chi connectivity index (χ2n) is 6.54. The molecule has 0 aliphatic rings. The summed E-state index contributed by atoms with van der Waals surface area (Å²) in [5, 5.41) is 9.56. The maximum atomic E-state index is 12.3. The van der Waals surface area contributed by atoms with Crippen molar-refractivity contribution in [3.05, 3.63) is 11.9 Å². The van der Waals surface area contributed by atoms with Gasteiger partial charge in [-0.3, -0.25) is 9.89 Å². The molecule has 1 atom stereocenters. The largest absolute Gasteiger partial charge is 0.396 e. The van der Waals surface area contributed by atoms with Crippen LogP contribution in [0.2, 0.25) is 0 Å². The van der Waals surface area contributed by atoms with Crippen molar-refractivity contribution in [2.45, 2.75) is 45.6 Å². The molecule has 0 saturated heterocycles. The minimum Gasteiger partial charge on any atom is -0.396 e. The highest BCUT2D eigenvalue weighted by Crippen LogP contribution is 2.10. The zero-order chi connectivity index (χ0) is 17.9. The van der Waals surface area contributed by atoms with Crippen molar-refractivity contribution in [1.82, 2.24) is 25.3 Å². The molecule has 0 aromatic carbocycles. The van der Waals surface area contributed by atoms with E-state index in [1.165, 1.54) is 6.20 Å². The van der Waals surface area contributed by atoms with Gasteiger partial charge in [-0.25, -0.2) is 0 Å². The lowest BCUT2D eigenvalue weighted by atomic mass is 10.1. The Bertz CT molecular complexity index is 473. The summed E-state index contributed by atoms with van der Waals surface area (Å²) in [6.45, 7) is 8.61. The van der Waals surface area contributed by atoms with Crippen molar-refractivity contribution in [2.24, 2.45) is 0 Å². The molecular formula is C17H34N6O. The second kappa shape index (κ2) is 11.0. The molecule has 24 heavy (non-hydrogen) atoms. The fourth-order valence-corrected chi connectivity index (χ4v) is 2.70. The van der Waals surface area contributed by atoms with Gasteiger partial charge in [0, 0.05) is 19.1 Å². The average Bonchev–Trinajstić information content (AvgIpc) is 2.96. The first-order chi connectivity index (χ1) is 11.5. The Kier molecular flexibility index (Phi) is 9.41. The number of nitrogen functional groups attached to an aromatic ring is 1. The third-order valence-corrected chi connectivity index (χ3v) is 4.21. The van der Waals surface area contributed by atoms with Crippen LogP contribution >= 0.6 is 0 Å². The highest BCUT2D eigenvalue weighted by molar-refractivity contribution is 5.97. The van der Waals surface area contributed by atoms with E-state index in [1.54, 1.807) is 0 Å². The molecular weight excluding hydrogens is 304 g/mol. The topological polar surface area (TPSA) is 90.3 Å². The smallest absolute Gasteiger partial charge is 0.271 e. The molecule has 1 heterocycles. The van der Waals surface area contributed by atoms with Gasteiger partial charge in [0.05, 0.1) is 11.9 Å². The molecule has 1 aromatic heterocycles. The summed E-state index contributed by atoms with van der Waals surface area (Å²) in [4.78, 5) is 16.9. The number of aromatic nitrogens is 2. The van der Waals surface area contributed by atoms with Gasteiger partial charge in [-0.15, -0.1) is 0 Å². The molecule has 7 heteroatoms. The number of hydrogen-bond donors (Lipinski definition) is 3. The maximum absolute atomic E-state index is 12.3. The molecule has 1 amide bonds. The second-order valence-corrected chi connectivity index (χ2v) is 6.54. The predicted molar refractivity (Wildman–Crippen MR) is 99.1 cm³/mol. The summed E-state index contributed by atoms with van der Waals surface area (Å²) in [5.41, 5.74) is 6.49. The van der Waals surface area contributed by atoms with E-state index >= 15 is 0 Å². The molecule has 138 valence electrons. The molecule has 0 radical (unpaired) electrons. The minimum atomic E-state index is -0.164. The van der Waals surface area contributed by atoms with Crippen molar-refractivity contribution >= 4 is 11.6 Å². The van der Waals surface area contributed by atoms with Crippen LogP contribution in [0, 0.1) is 0 Å². The van der Waals surface area contributed by atoms with Crippen LogP contribution in [0.3, 0.4) is 0 Å². The van der Waals surface area contributed by atoms with E-state index in [0.29, 0.717) is 11.4 Å². The van der Waals surface area contributed by atoms with Crippen LogP contribution in [-0.4, -0.2) is 72.2 Å². The maximum Gasteiger partial charge on any atom is 0.271 e. The Labute approximate surface area is 146 Å². The number of aromatic amines is 1. The van der Waals surface area contributed by atoms with Crippen LogP contribution in [0.4, 0.5) is 5.69 Å². The Hall–Kier alpha value is -1.60. The van der Waals surface area contributed by atoms with Gasteiger partial charge in [-0.2, -0.15) is 5.10 Å². The van der Waals surface area contributed by atoms with Gasteiger partial charge < -0.3 is 20.9 Å². The van der Waals surface area contributed by atoms with Crippen molar-refractivity contribution in [1.29, 1.82) is 0 Å². The number of nitrogens with one attached hydrogen (secondary N) is 2. The normalized spacial score (nSPS) is 12.8. The van der Waals surface area contributed by atoms with E-state index in [1.807, 2.05) is 0 Å². The molecule has 0 bridgehead atoms. The number of amides is 1. The number of H-pyrrole nitrogens is 1. The number of carbonyl (C=O) groups is 1. The molecule has 0 saturated carbocycles. The van der Waals surface area contributed by atoms with Gasteiger partial charge in [-0.05, 0) is 46.4 Å². The Morgan fingerprint density at radius 2 is 2.04 bits per heavy atom. The molecule has 0 unspecified atom stereocenters. The van der Waals surface area contributed by atoms with Crippen molar-refractivity contribution < 1.29 is 4.79 Å². The van der Waals surface area contributed by atoms with Crippen LogP contribution in [-0.2, 0) is 0 Å². The standard InChI is InChI=1S/C17H34N6O/c1-5-8-14(20-17(24)16-15(18)13-19-21-16)9-7-10-23(6-2)12-11-22(3)4/h13-14H,5-12,18H2,1-4H3,(H,19,21)(H,20,24)/t14-/m1/s1. The summed E-state index contributed by atoms with van der Waals surface area (Å²) in [5.74, 6) is -0.164. The number of nitrogens with two attached hydrogens (primary N) is 1. The zero-order valence-corrected chi connectivity index (χ0v) is 15.6. The molecule has 0 aliphatic carbocycles. The van der Waals surface area contributed by atoms with E-state index in [-0.39, 0.29) is 11.9 Å². The van der Waals surface area contributed by atoms with Gasteiger partial charge in [-0.1, -0.05) is 20.3 Å². The third-order valence-electron chi connectivity index (χ3n) is 4.21. The number of rotatable bonds is 12. The first kappa shape index (κ1) is 20.4. The van der Waals surface area contributed by atoms with Gasteiger partial charge in [0.15, 0.2) is 0 Å². The van der Waals surface area contributed by atoms with Crippen LogP contribution in [0.15, 0.2) is 6.20 Å². The Morgan fingerprint density at radius 3 is 2.58 bits per heavy atom. The summed E-state index contributed by atoms with van der Waals surface area (Å²) >= 11 is 0. The lowest BCUT2D eigenvalue weighted by Crippen LogP contribution is -2.37. The van der Waals surface area contributed by atoms with Crippen molar-refractivity contribution in [3.63, 3.8) is 0 Å². The number of likely N-dealkylation sites (N-methyl/N-ethyl adjacent to an activating group) is 2. The van der Waals surface area contributed by atoms with Crippen LogP contribution in [0.25, 0.3) is 0 Å². The fourth-order valence-electron chi connectivity index (χ4n) is 2.70. The highest BCUT2D eigenvalue weighted by Gasteiger charge is 2.16. The summed E-state index contributed by atoms with van der Waals surface area (Å²) in [7, 11) is 4.20. The highest BCUT2D eigenvalue weighted by atomic mass is 16.2. The molecule has 1 aromatic rings. The van der Waals surface area contributed by atoms with Gasteiger partial charge in [0.25, 0.3) is 5.91 Å².